The van der Waals surface area contributed by atoms with Crippen LogP contribution in [0.25, 0.3) is 0 Å². The zero-order valence-electron chi connectivity index (χ0n) is 14.5. The molecule has 0 saturated heterocycles. The van der Waals surface area contributed by atoms with E-state index in [2.05, 4.69) is 4.74 Å². The van der Waals surface area contributed by atoms with Crippen LogP contribution in [0.1, 0.15) is 31.2 Å². The van der Waals surface area contributed by atoms with Gasteiger partial charge in [0.2, 0.25) is 5.91 Å². The number of aryl methyl sites for hydroxylation is 1. The maximum Gasteiger partial charge on any atom is 0.307 e. The van der Waals surface area contributed by atoms with Crippen molar-refractivity contribution in [3.05, 3.63) is 23.8 Å². The maximum absolute atomic E-state index is 12.5. The Morgan fingerprint density at radius 1 is 1.08 bits per heavy atom. The van der Waals surface area contributed by atoms with Crippen LogP contribution < -0.4 is 9.47 Å². The Morgan fingerprint density at radius 3 is 2.38 bits per heavy atom. The highest BCUT2D eigenvalue weighted by Crippen LogP contribution is 2.29. The van der Waals surface area contributed by atoms with Gasteiger partial charge in [0.25, 0.3) is 0 Å². The molecule has 1 fully saturated rings. The molecule has 1 amide bonds. The fraction of sp³-hybridized carbons (Fsp3) is 0.556. The van der Waals surface area contributed by atoms with Gasteiger partial charge in [-0.15, -0.1) is 0 Å². The average molecular weight is 335 g/mol. The van der Waals surface area contributed by atoms with E-state index in [9.17, 15) is 9.59 Å². The molecular weight excluding hydrogens is 310 g/mol. The molecule has 0 aliphatic heterocycles. The smallest absolute Gasteiger partial charge is 0.307 e. The molecule has 0 heterocycles. The second kappa shape index (κ2) is 8.57. The number of esters is 1. The van der Waals surface area contributed by atoms with E-state index in [-0.39, 0.29) is 24.3 Å². The van der Waals surface area contributed by atoms with Crippen LogP contribution in [0.15, 0.2) is 18.2 Å². The number of carbonyl (C=O) groups excluding carboxylic acids is 2. The molecule has 0 radical (unpaired) electrons. The number of hydrogen-bond acceptors (Lipinski definition) is 5. The predicted molar refractivity (Wildman–Crippen MR) is 89.2 cm³/mol. The summed E-state index contributed by atoms with van der Waals surface area (Å²) in [6.45, 7) is 0.433. The van der Waals surface area contributed by atoms with Crippen molar-refractivity contribution in [1.82, 2.24) is 4.90 Å². The SMILES string of the molecule is COC(=O)CCN(C(=O)CCc1ccc(OC)c(OC)c1)C1CC1. The summed E-state index contributed by atoms with van der Waals surface area (Å²) in [6.07, 6.45) is 3.31. The molecule has 6 heteroatoms. The molecule has 0 unspecified atom stereocenters. The van der Waals surface area contributed by atoms with Crippen LogP contribution in [-0.2, 0) is 20.7 Å². The monoisotopic (exact) mass is 335 g/mol. The average Bonchev–Trinajstić information content (AvgIpc) is 3.44. The van der Waals surface area contributed by atoms with Crippen LogP contribution in [0.3, 0.4) is 0 Å². The van der Waals surface area contributed by atoms with Crippen LogP contribution in [0, 0.1) is 0 Å². The first kappa shape index (κ1) is 18.1. The number of benzene rings is 1. The van der Waals surface area contributed by atoms with Gasteiger partial charge in [0.15, 0.2) is 11.5 Å². The van der Waals surface area contributed by atoms with Gasteiger partial charge in [0, 0.05) is 19.0 Å². The topological polar surface area (TPSA) is 65.1 Å². The van der Waals surface area contributed by atoms with E-state index in [0.29, 0.717) is 30.9 Å². The lowest BCUT2D eigenvalue weighted by Gasteiger charge is -2.22. The summed E-state index contributed by atoms with van der Waals surface area (Å²) < 4.78 is 15.2. The summed E-state index contributed by atoms with van der Waals surface area (Å²) >= 11 is 0. The van der Waals surface area contributed by atoms with Gasteiger partial charge in [-0.3, -0.25) is 9.59 Å². The van der Waals surface area contributed by atoms with E-state index in [0.717, 1.165) is 18.4 Å². The number of carbonyl (C=O) groups is 2. The Morgan fingerprint density at radius 2 is 1.79 bits per heavy atom. The number of methoxy groups -OCH3 is 3. The van der Waals surface area contributed by atoms with Gasteiger partial charge in [0.05, 0.1) is 27.8 Å². The van der Waals surface area contributed by atoms with Gasteiger partial charge in [-0.2, -0.15) is 0 Å². The minimum atomic E-state index is -0.284. The van der Waals surface area contributed by atoms with Crippen LogP contribution in [-0.4, -0.2) is 50.7 Å². The molecule has 0 aromatic heterocycles. The van der Waals surface area contributed by atoms with Crippen molar-refractivity contribution in [2.24, 2.45) is 0 Å². The molecule has 6 nitrogen and oxygen atoms in total. The molecule has 1 aromatic rings. The minimum absolute atomic E-state index is 0.0798. The Bertz CT molecular complexity index is 583. The number of nitrogens with zero attached hydrogens (tertiary/aromatic N) is 1. The fourth-order valence-electron chi connectivity index (χ4n) is 2.64. The molecule has 1 aliphatic rings. The lowest BCUT2D eigenvalue weighted by atomic mass is 10.1. The number of amides is 1. The lowest BCUT2D eigenvalue weighted by molar-refractivity contribution is -0.141. The summed E-state index contributed by atoms with van der Waals surface area (Å²) in [5.41, 5.74) is 1.02. The molecule has 132 valence electrons. The molecule has 1 saturated carbocycles. The highest BCUT2D eigenvalue weighted by Gasteiger charge is 2.32. The van der Waals surface area contributed by atoms with Gasteiger partial charge < -0.3 is 19.1 Å². The minimum Gasteiger partial charge on any atom is -0.493 e. The van der Waals surface area contributed by atoms with Crippen molar-refractivity contribution in [3.8, 4) is 11.5 Å². The fourth-order valence-corrected chi connectivity index (χ4v) is 2.64. The largest absolute Gasteiger partial charge is 0.493 e. The molecule has 0 spiro atoms. The standard InChI is InChI=1S/C18H25NO5/c1-22-15-8-4-13(12-16(15)23-2)5-9-17(20)19(14-6-7-14)11-10-18(21)24-3/h4,8,12,14H,5-7,9-11H2,1-3H3. The van der Waals surface area contributed by atoms with Crippen LogP contribution >= 0.6 is 0 Å². The summed E-state index contributed by atoms with van der Waals surface area (Å²) in [5, 5.41) is 0. The summed E-state index contributed by atoms with van der Waals surface area (Å²) in [7, 11) is 4.55. The van der Waals surface area contributed by atoms with Crippen molar-refractivity contribution < 1.29 is 23.8 Å². The normalized spacial score (nSPS) is 13.3. The van der Waals surface area contributed by atoms with Crippen molar-refractivity contribution in [1.29, 1.82) is 0 Å². The number of rotatable bonds is 9. The van der Waals surface area contributed by atoms with Crippen LogP contribution in [0.4, 0.5) is 0 Å². The van der Waals surface area contributed by atoms with Crippen LogP contribution in [0.2, 0.25) is 0 Å². The maximum atomic E-state index is 12.5. The zero-order chi connectivity index (χ0) is 17.5. The van der Waals surface area contributed by atoms with Crippen molar-refractivity contribution in [2.45, 2.75) is 38.1 Å². The van der Waals surface area contributed by atoms with E-state index in [1.165, 1.54) is 7.11 Å². The third-order valence-corrected chi connectivity index (χ3v) is 4.17. The van der Waals surface area contributed by atoms with E-state index >= 15 is 0 Å². The van der Waals surface area contributed by atoms with Gasteiger partial charge in [-0.05, 0) is 37.0 Å². The molecular formula is C18H25NO5. The third kappa shape index (κ3) is 4.88. The van der Waals surface area contributed by atoms with Gasteiger partial charge in [0.1, 0.15) is 0 Å². The molecule has 0 atom stereocenters. The second-order valence-corrected chi connectivity index (χ2v) is 5.83. The Balaban J connectivity index is 1.91. The first-order valence-corrected chi connectivity index (χ1v) is 8.16. The third-order valence-electron chi connectivity index (χ3n) is 4.17. The highest BCUT2D eigenvalue weighted by atomic mass is 16.5. The Labute approximate surface area is 142 Å². The number of hydrogen-bond donors (Lipinski definition) is 0. The van der Waals surface area contributed by atoms with Gasteiger partial charge in [-0.1, -0.05) is 6.07 Å². The van der Waals surface area contributed by atoms with Gasteiger partial charge in [-0.25, -0.2) is 0 Å². The summed E-state index contributed by atoms with van der Waals surface area (Å²) in [4.78, 5) is 25.6. The predicted octanol–water partition coefficient (Wildman–Crippen LogP) is 2.19. The Kier molecular flexibility index (Phi) is 6.46. The van der Waals surface area contributed by atoms with E-state index in [1.54, 1.807) is 14.2 Å². The lowest BCUT2D eigenvalue weighted by Crippen LogP contribution is -2.35. The van der Waals surface area contributed by atoms with Gasteiger partial charge >= 0.3 is 5.97 Å². The van der Waals surface area contributed by atoms with E-state index < -0.39 is 0 Å². The summed E-state index contributed by atoms with van der Waals surface area (Å²) in [6, 6.07) is 5.95. The van der Waals surface area contributed by atoms with E-state index in [1.807, 2.05) is 23.1 Å². The molecule has 0 bridgehead atoms. The van der Waals surface area contributed by atoms with Crippen molar-refractivity contribution in [3.63, 3.8) is 0 Å². The first-order chi connectivity index (χ1) is 11.6. The molecule has 1 aliphatic carbocycles. The molecule has 0 N–H and O–H groups in total. The Hall–Kier alpha value is -2.24. The quantitative estimate of drug-likeness (QED) is 0.647. The summed E-state index contributed by atoms with van der Waals surface area (Å²) in [5.74, 6) is 1.13. The molecule has 1 aromatic carbocycles. The van der Waals surface area contributed by atoms with Crippen molar-refractivity contribution >= 4 is 11.9 Å². The zero-order valence-corrected chi connectivity index (χ0v) is 14.5. The van der Waals surface area contributed by atoms with E-state index in [4.69, 9.17) is 9.47 Å². The highest BCUT2D eigenvalue weighted by molar-refractivity contribution is 5.78. The van der Waals surface area contributed by atoms with Crippen molar-refractivity contribution in [2.75, 3.05) is 27.9 Å². The molecule has 2 rings (SSSR count). The second-order valence-electron chi connectivity index (χ2n) is 5.83. The molecule has 24 heavy (non-hydrogen) atoms. The van der Waals surface area contributed by atoms with Crippen LogP contribution in [0.5, 0.6) is 11.5 Å². The number of ether oxygens (including phenoxy) is 3. The first-order valence-electron chi connectivity index (χ1n) is 8.16.